The molecule has 1 rings (SSSR count). The van der Waals surface area contributed by atoms with Crippen LogP contribution < -0.4 is 5.32 Å². The van der Waals surface area contributed by atoms with Gasteiger partial charge < -0.3 is 10.1 Å². The molecule has 0 atom stereocenters. The van der Waals surface area contributed by atoms with Gasteiger partial charge in [-0.05, 0) is 30.7 Å². The molecule has 0 radical (unpaired) electrons. The van der Waals surface area contributed by atoms with Gasteiger partial charge in [0, 0.05) is 12.6 Å². The van der Waals surface area contributed by atoms with E-state index in [0.29, 0.717) is 17.9 Å². The largest absolute Gasteiger partial charge is 0.462 e. The topological polar surface area (TPSA) is 55.4 Å². The Hall–Kier alpha value is -1.84. The van der Waals surface area contributed by atoms with Crippen molar-refractivity contribution in [3.63, 3.8) is 0 Å². The molecule has 98 valence electrons. The number of carbonyl (C=O) groups is 2. The predicted octanol–water partition coefficient (Wildman–Crippen LogP) is 2.99. The second-order valence-corrected chi connectivity index (χ2v) is 4.10. The average Bonchev–Trinajstić information content (AvgIpc) is 2.34. The lowest BCUT2D eigenvalue weighted by molar-refractivity contribution is -0.114. The maximum absolute atomic E-state index is 11.6. The van der Waals surface area contributed by atoms with Crippen molar-refractivity contribution >= 4 is 17.6 Å². The van der Waals surface area contributed by atoms with E-state index in [0.717, 1.165) is 19.3 Å². The van der Waals surface area contributed by atoms with Crippen molar-refractivity contribution in [2.45, 2.75) is 33.1 Å². The van der Waals surface area contributed by atoms with E-state index in [9.17, 15) is 9.59 Å². The molecule has 0 aliphatic rings. The van der Waals surface area contributed by atoms with Crippen LogP contribution in [0, 0.1) is 0 Å². The number of nitrogens with one attached hydrogen (secondary N) is 1. The van der Waals surface area contributed by atoms with E-state index < -0.39 is 0 Å². The Kier molecular flexibility index (Phi) is 5.91. The van der Waals surface area contributed by atoms with E-state index in [1.807, 2.05) is 0 Å². The summed E-state index contributed by atoms with van der Waals surface area (Å²) in [5, 5.41) is 2.64. The molecule has 0 heterocycles. The van der Waals surface area contributed by atoms with Gasteiger partial charge >= 0.3 is 5.97 Å². The Balaban J connectivity index is 2.46. The Morgan fingerprint density at radius 3 is 2.39 bits per heavy atom. The number of hydrogen-bond donors (Lipinski definition) is 1. The fraction of sp³-hybridized carbons (Fsp3) is 0.429. The molecule has 0 saturated heterocycles. The van der Waals surface area contributed by atoms with Gasteiger partial charge in [-0.25, -0.2) is 4.79 Å². The molecule has 0 aliphatic carbocycles. The highest BCUT2D eigenvalue weighted by atomic mass is 16.5. The lowest BCUT2D eigenvalue weighted by Gasteiger charge is -2.05. The summed E-state index contributed by atoms with van der Waals surface area (Å²) in [7, 11) is 0. The molecular weight excluding hydrogens is 230 g/mol. The van der Waals surface area contributed by atoms with E-state index in [4.69, 9.17) is 4.74 Å². The maximum atomic E-state index is 11.6. The van der Waals surface area contributed by atoms with Crippen LogP contribution in [0.2, 0.25) is 0 Å². The van der Waals surface area contributed by atoms with Crippen LogP contribution in [-0.2, 0) is 9.53 Å². The molecular formula is C14H19NO3. The number of benzene rings is 1. The third-order valence-electron chi connectivity index (χ3n) is 2.42. The van der Waals surface area contributed by atoms with Gasteiger partial charge in [-0.3, -0.25) is 4.79 Å². The van der Waals surface area contributed by atoms with Crippen LogP contribution in [0.15, 0.2) is 24.3 Å². The van der Waals surface area contributed by atoms with Gasteiger partial charge in [-0.15, -0.1) is 0 Å². The Morgan fingerprint density at radius 1 is 1.17 bits per heavy atom. The van der Waals surface area contributed by atoms with Crippen molar-refractivity contribution in [3.8, 4) is 0 Å². The minimum Gasteiger partial charge on any atom is -0.462 e. The molecule has 0 fully saturated rings. The smallest absolute Gasteiger partial charge is 0.338 e. The number of rotatable bonds is 6. The lowest BCUT2D eigenvalue weighted by Crippen LogP contribution is -2.08. The SMILES string of the molecule is CCCCCOC(=O)c1ccc(NC(C)=O)cc1. The number of ether oxygens (including phenoxy) is 1. The van der Waals surface area contributed by atoms with Gasteiger partial charge in [0.15, 0.2) is 0 Å². The highest BCUT2D eigenvalue weighted by Crippen LogP contribution is 2.10. The van der Waals surface area contributed by atoms with Crippen LogP contribution in [0.25, 0.3) is 0 Å². The molecule has 0 aliphatic heterocycles. The normalized spacial score (nSPS) is 9.89. The molecule has 0 saturated carbocycles. The third-order valence-corrected chi connectivity index (χ3v) is 2.42. The monoisotopic (exact) mass is 249 g/mol. The second kappa shape index (κ2) is 7.48. The van der Waals surface area contributed by atoms with E-state index in [1.54, 1.807) is 24.3 Å². The van der Waals surface area contributed by atoms with Crippen molar-refractivity contribution in [1.29, 1.82) is 0 Å². The Bertz CT molecular complexity index is 398. The Morgan fingerprint density at radius 2 is 1.83 bits per heavy atom. The zero-order valence-corrected chi connectivity index (χ0v) is 10.9. The molecule has 4 heteroatoms. The predicted molar refractivity (Wildman–Crippen MR) is 70.6 cm³/mol. The zero-order chi connectivity index (χ0) is 13.4. The van der Waals surface area contributed by atoms with Crippen LogP contribution in [0.1, 0.15) is 43.5 Å². The minimum atomic E-state index is -0.319. The van der Waals surface area contributed by atoms with Crippen LogP contribution in [0.5, 0.6) is 0 Å². The maximum Gasteiger partial charge on any atom is 0.338 e. The molecule has 4 nitrogen and oxygen atoms in total. The van der Waals surface area contributed by atoms with Gasteiger partial charge in [0.2, 0.25) is 5.91 Å². The van der Waals surface area contributed by atoms with E-state index in [2.05, 4.69) is 12.2 Å². The first-order valence-electron chi connectivity index (χ1n) is 6.18. The summed E-state index contributed by atoms with van der Waals surface area (Å²) >= 11 is 0. The average molecular weight is 249 g/mol. The standard InChI is InChI=1S/C14H19NO3/c1-3-4-5-10-18-14(17)12-6-8-13(9-7-12)15-11(2)16/h6-9H,3-5,10H2,1-2H3,(H,15,16). The molecule has 0 bridgehead atoms. The number of unbranched alkanes of at least 4 members (excludes halogenated alkanes) is 2. The van der Waals surface area contributed by atoms with Gasteiger partial charge in [0.25, 0.3) is 0 Å². The second-order valence-electron chi connectivity index (χ2n) is 4.10. The zero-order valence-electron chi connectivity index (χ0n) is 10.9. The minimum absolute atomic E-state index is 0.134. The number of carbonyl (C=O) groups excluding carboxylic acids is 2. The summed E-state index contributed by atoms with van der Waals surface area (Å²) in [5.74, 6) is -0.453. The number of anilines is 1. The summed E-state index contributed by atoms with van der Waals surface area (Å²) in [4.78, 5) is 22.5. The van der Waals surface area contributed by atoms with Crippen molar-refractivity contribution in [2.24, 2.45) is 0 Å². The molecule has 1 amide bonds. The van der Waals surface area contributed by atoms with Gasteiger partial charge in [0.05, 0.1) is 12.2 Å². The van der Waals surface area contributed by atoms with Crippen molar-refractivity contribution in [2.75, 3.05) is 11.9 Å². The summed E-state index contributed by atoms with van der Waals surface area (Å²) in [6, 6.07) is 6.66. The first-order valence-corrected chi connectivity index (χ1v) is 6.18. The molecule has 1 aromatic rings. The van der Waals surface area contributed by atoms with Crippen LogP contribution in [0.3, 0.4) is 0 Å². The van der Waals surface area contributed by atoms with Gasteiger partial charge in [-0.1, -0.05) is 19.8 Å². The fourth-order valence-corrected chi connectivity index (χ4v) is 1.49. The molecule has 0 unspecified atom stereocenters. The van der Waals surface area contributed by atoms with Crippen molar-refractivity contribution in [3.05, 3.63) is 29.8 Å². The summed E-state index contributed by atoms with van der Waals surface area (Å²) < 4.78 is 5.12. The van der Waals surface area contributed by atoms with Gasteiger partial charge in [0.1, 0.15) is 0 Å². The van der Waals surface area contributed by atoms with Crippen molar-refractivity contribution in [1.82, 2.24) is 0 Å². The van der Waals surface area contributed by atoms with E-state index in [-0.39, 0.29) is 11.9 Å². The van der Waals surface area contributed by atoms with Gasteiger partial charge in [-0.2, -0.15) is 0 Å². The van der Waals surface area contributed by atoms with Crippen molar-refractivity contribution < 1.29 is 14.3 Å². The number of amides is 1. The molecule has 1 N–H and O–H groups in total. The number of esters is 1. The lowest BCUT2D eigenvalue weighted by atomic mass is 10.2. The third kappa shape index (κ3) is 4.99. The van der Waals surface area contributed by atoms with E-state index >= 15 is 0 Å². The van der Waals surface area contributed by atoms with E-state index in [1.165, 1.54) is 6.92 Å². The summed E-state index contributed by atoms with van der Waals surface area (Å²) in [5.41, 5.74) is 1.17. The van der Waals surface area contributed by atoms with Crippen LogP contribution in [0.4, 0.5) is 5.69 Å². The quantitative estimate of drug-likeness (QED) is 0.623. The Labute approximate surface area is 107 Å². The summed E-state index contributed by atoms with van der Waals surface area (Å²) in [6.07, 6.45) is 3.06. The molecule has 1 aromatic carbocycles. The summed E-state index contributed by atoms with van der Waals surface area (Å²) in [6.45, 7) is 4.00. The van der Waals surface area contributed by atoms with Crippen LogP contribution >= 0.6 is 0 Å². The number of hydrogen-bond acceptors (Lipinski definition) is 3. The van der Waals surface area contributed by atoms with Crippen LogP contribution in [-0.4, -0.2) is 18.5 Å². The fourth-order valence-electron chi connectivity index (χ4n) is 1.49. The highest BCUT2D eigenvalue weighted by molar-refractivity contribution is 5.92. The first kappa shape index (κ1) is 14.2. The molecule has 0 spiro atoms. The highest BCUT2D eigenvalue weighted by Gasteiger charge is 2.06. The molecule has 18 heavy (non-hydrogen) atoms. The first-order chi connectivity index (χ1) is 8.63. The molecule has 0 aromatic heterocycles.